The summed E-state index contributed by atoms with van der Waals surface area (Å²) in [5, 5.41) is 12.8. The van der Waals surface area contributed by atoms with Crippen LogP contribution in [0.4, 0.5) is 9.18 Å². The highest BCUT2D eigenvalue weighted by molar-refractivity contribution is 5.94. The minimum Gasteiger partial charge on any atom is -0.501 e. The fourth-order valence-corrected chi connectivity index (χ4v) is 3.06. The van der Waals surface area contributed by atoms with Gasteiger partial charge in [0.15, 0.2) is 5.69 Å². The van der Waals surface area contributed by atoms with Gasteiger partial charge >= 0.3 is 6.09 Å². The van der Waals surface area contributed by atoms with Gasteiger partial charge in [0.1, 0.15) is 23.3 Å². The number of amides is 2. The first-order valence-electron chi connectivity index (χ1n) is 11.2. The zero-order chi connectivity index (χ0) is 26.3. The van der Waals surface area contributed by atoms with E-state index in [9.17, 15) is 23.9 Å². The SMILES string of the molecule is CCCOC[C@H](c1nc(C(=O)NCc2ccc(F)c(C)c2)c(O)c(=O)[nH]1)N(C)C(=O)OC(C)(C)C. The van der Waals surface area contributed by atoms with Gasteiger partial charge in [-0.05, 0) is 51.3 Å². The van der Waals surface area contributed by atoms with Crippen molar-refractivity contribution in [3.8, 4) is 5.75 Å². The van der Waals surface area contributed by atoms with E-state index in [-0.39, 0.29) is 24.8 Å². The van der Waals surface area contributed by atoms with Crippen LogP contribution in [0.15, 0.2) is 23.0 Å². The van der Waals surface area contributed by atoms with Crippen molar-refractivity contribution < 1.29 is 28.6 Å². The van der Waals surface area contributed by atoms with Gasteiger partial charge in [-0.3, -0.25) is 14.5 Å². The Balaban J connectivity index is 2.34. The molecule has 2 aromatic rings. The van der Waals surface area contributed by atoms with Crippen LogP contribution in [0.3, 0.4) is 0 Å². The van der Waals surface area contributed by atoms with Gasteiger partial charge in [0.2, 0.25) is 5.75 Å². The minimum absolute atomic E-state index is 0.0179. The Morgan fingerprint density at radius 2 is 2.00 bits per heavy atom. The summed E-state index contributed by atoms with van der Waals surface area (Å²) in [5.74, 6) is -2.11. The van der Waals surface area contributed by atoms with Crippen molar-refractivity contribution in [1.29, 1.82) is 0 Å². The van der Waals surface area contributed by atoms with E-state index in [1.165, 1.54) is 24.1 Å². The van der Waals surface area contributed by atoms with E-state index in [1.54, 1.807) is 33.8 Å². The van der Waals surface area contributed by atoms with Gasteiger partial charge in [0, 0.05) is 20.2 Å². The molecule has 0 saturated heterocycles. The summed E-state index contributed by atoms with van der Waals surface area (Å²) in [7, 11) is 1.46. The van der Waals surface area contributed by atoms with Crippen molar-refractivity contribution >= 4 is 12.0 Å². The lowest BCUT2D eigenvalue weighted by Gasteiger charge is -2.30. The molecule has 1 atom stereocenters. The summed E-state index contributed by atoms with van der Waals surface area (Å²) >= 11 is 0. The van der Waals surface area contributed by atoms with E-state index in [0.29, 0.717) is 17.7 Å². The Hall–Kier alpha value is -3.47. The van der Waals surface area contributed by atoms with Crippen LogP contribution in [-0.4, -0.2) is 57.8 Å². The molecule has 11 heteroatoms. The number of hydrogen-bond donors (Lipinski definition) is 3. The predicted molar refractivity (Wildman–Crippen MR) is 127 cm³/mol. The number of H-pyrrole nitrogens is 1. The second-order valence-corrected chi connectivity index (χ2v) is 9.10. The first-order chi connectivity index (χ1) is 16.3. The molecular weight excluding hydrogens is 459 g/mol. The molecule has 0 spiro atoms. The molecule has 0 unspecified atom stereocenters. The van der Waals surface area contributed by atoms with Gasteiger partial charge in [-0.2, -0.15) is 0 Å². The number of aromatic nitrogens is 2. The highest BCUT2D eigenvalue weighted by Crippen LogP contribution is 2.21. The van der Waals surface area contributed by atoms with Crippen LogP contribution in [0.1, 0.15) is 67.6 Å². The molecule has 0 radical (unpaired) electrons. The summed E-state index contributed by atoms with van der Waals surface area (Å²) in [5.41, 5.74) is -1.19. The third-order valence-electron chi connectivity index (χ3n) is 4.89. The number of carbonyl (C=O) groups is 2. The number of nitrogens with one attached hydrogen (secondary N) is 2. The van der Waals surface area contributed by atoms with Crippen molar-refractivity contribution in [3.63, 3.8) is 0 Å². The van der Waals surface area contributed by atoms with E-state index in [1.807, 2.05) is 6.92 Å². The highest BCUT2D eigenvalue weighted by atomic mass is 19.1. The zero-order valence-corrected chi connectivity index (χ0v) is 20.9. The van der Waals surface area contributed by atoms with E-state index < -0.39 is 40.6 Å². The fraction of sp³-hybridized carbons (Fsp3) is 0.500. The van der Waals surface area contributed by atoms with E-state index in [2.05, 4.69) is 15.3 Å². The lowest BCUT2D eigenvalue weighted by molar-refractivity contribution is 0.00637. The molecular formula is C24H33FN4O6. The Morgan fingerprint density at radius 3 is 2.60 bits per heavy atom. The molecule has 0 aliphatic rings. The second-order valence-electron chi connectivity index (χ2n) is 9.10. The van der Waals surface area contributed by atoms with Crippen molar-refractivity contribution in [3.05, 3.63) is 57.0 Å². The third-order valence-corrected chi connectivity index (χ3v) is 4.89. The van der Waals surface area contributed by atoms with Gasteiger partial charge in [-0.25, -0.2) is 14.2 Å². The van der Waals surface area contributed by atoms with Crippen molar-refractivity contribution in [2.24, 2.45) is 0 Å². The maximum atomic E-state index is 13.5. The van der Waals surface area contributed by atoms with E-state index >= 15 is 0 Å². The van der Waals surface area contributed by atoms with Gasteiger partial charge < -0.3 is 24.9 Å². The maximum Gasteiger partial charge on any atom is 0.410 e. The molecule has 0 aliphatic heterocycles. The fourth-order valence-electron chi connectivity index (χ4n) is 3.06. The third kappa shape index (κ3) is 7.78. The average molecular weight is 493 g/mol. The Labute approximate surface area is 203 Å². The van der Waals surface area contributed by atoms with E-state index in [0.717, 1.165) is 6.42 Å². The molecule has 0 aliphatic carbocycles. The number of hydrogen-bond acceptors (Lipinski definition) is 7. The lowest BCUT2D eigenvalue weighted by Crippen LogP contribution is -2.40. The number of aromatic hydroxyl groups is 1. The first-order valence-corrected chi connectivity index (χ1v) is 11.2. The molecule has 1 aromatic carbocycles. The van der Waals surface area contributed by atoms with Crippen LogP contribution < -0.4 is 10.9 Å². The normalized spacial score (nSPS) is 12.2. The summed E-state index contributed by atoms with van der Waals surface area (Å²) in [6, 6.07) is 3.46. The van der Waals surface area contributed by atoms with E-state index in [4.69, 9.17) is 9.47 Å². The summed E-state index contributed by atoms with van der Waals surface area (Å²) in [6.45, 7) is 9.03. The molecule has 0 saturated carbocycles. The van der Waals surface area contributed by atoms with Crippen molar-refractivity contribution in [1.82, 2.24) is 20.2 Å². The minimum atomic E-state index is -0.948. The quantitative estimate of drug-likeness (QED) is 0.458. The smallest absolute Gasteiger partial charge is 0.410 e. The van der Waals surface area contributed by atoms with Crippen molar-refractivity contribution in [2.75, 3.05) is 20.3 Å². The van der Waals surface area contributed by atoms with Gasteiger partial charge in [-0.15, -0.1) is 0 Å². The average Bonchev–Trinajstić information content (AvgIpc) is 2.77. The number of rotatable bonds is 9. The van der Waals surface area contributed by atoms with Crippen LogP contribution in [-0.2, 0) is 16.0 Å². The standard InChI is InChI=1S/C24H33FN4O6/c1-7-10-34-13-17(29(6)23(33)35-24(3,4)5)20-27-18(19(30)22(32)28-20)21(31)26-12-15-8-9-16(25)14(2)11-15/h8-9,11,17,30H,7,10,12-13H2,1-6H3,(H,26,31)(H,27,28,32)/t17-/m1/s1. The lowest BCUT2D eigenvalue weighted by atomic mass is 10.1. The Morgan fingerprint density at radius 1 is 1.31 bits per heavy atom. The largest absolute Gasteiger partial charge is 0.501 e. The number of nitrogens with zero attached hydrogens (tertiary/aromatic N) is 2. The molecule has 2 amide bonds. The molecule has 1 heterocycles. The molecule has 1 aromatic heterocycles. The van der Waals surface area contributed by atoms with Gasteiger partial charge in [0.25, 0.3) is 11.5 Å². The number of aryl methyl sites for hydroxylation is 1. The summed E-state index contributed by atoms with van der Waals surface area (Å²) < 4.78 is 24.5. The van der Waals surface area contributed by atoms with Crippen LogP contribution in [0.25, 0.3) is 0 Å². The predicted octanol–water partition coefficient (Wildman–Crippen LogP) is 3.19. The first kappa shape index (κ1) is 27.8. The number of aromatic amines is 1. The molecule has 2 rings (SSSR count). The molecule has 3 N–H and O–H groups in total. The molecule has 0 fully saturated rings. The summed E-state index contributed by atoms with van der Waals surface area (Å²) in [4.78, 5) is 45.6. The number of carbonyl (C=O) groups excluding carboxylic acids is 2. The maximum absolute atomic E-state index is 13.5. The van der Waals surface area contributed by atoms with Crippen LogP contribution >= 0.6 is 0 Å². The van der Waals surface area contributed by atoms with Gasteiger partial charge in [-0.1, -0.05) is 19.1 Å². The monoisotopic (exact) mass is 492 g/mol. The molecule has 0 bridgehead atoms. The molecule has 192 valence electrons. The molecule has 35 heavy (non-hydrogen) atoms. The number of likely N-dealkylation sites (N-methyl/N-ethyl adjacent to an activating group) is 1. The topological polar surface area (TPSA) is 134 Å². The van der Waals surface area contributed by atoms with Crippen LogP contribution in [0.2, 0.25) is 0 Å². The summed E-state index contributed by atoms with van der Waals surface area (Å²) in [6.07, 6.45) is 0.0369. The number of halogens is 1. The molecule has 10 nitrogen and oxygen atoms in total. The second kappa shape index (κ2) is 11.8. The highest BCUT2D eigenvalue weighted by Gasteiger charge is 2.30. The Kier molecular flexibility index (Phi) is 9.35. The Bertz CT molecular complexity index is 1110. The van der Waals surface area contributed by atoms with Crippen LogP contribution in [0, 0.1) is 12.7 Å². The zero-order valence-electron chi connectivity index (χ0n) is 20.9. The number of benzene rings is 1. The van der Waals surface area contributed by atoms with Crippen LogP contribution in [0.5, 0.6) is 5.75 Å². The van der Waals surface area contributed by atoms with Crippen molar-refractivity contribution in [2.45, 2.75) is 59.2 Å². The van der Waals surface area contributed by atoms with Gasteiger partial charge in [0.05, 0.1) is 6.61 Å². The number of ether oxygens (including phenoxy) is 2.